The Bertz CT molecular complexity index is 2680. The van der Waals surface area contributed by atoms with Gasteiger partial charge in [0.1, 0.15) is 0 Å². The maximum Gasteiger partial charge on any atom is 0.0540 e. The minimum Gasteiger partial charge on any atom is -0.309 e. The van der Waals surface area contributed by atoms with Crippen LogP contribution in [0, 0.1) is 0 Å². The molecule has 2 aliphatic carbocycles. The molecule has 10 rings (SSSR count). The number of para-hydroxylation sites is 1. The predicted octanol–water partition coefficient (Wildman–Crippen LogP) is 13.6. The molecular formula is C51H39N. The molecule has 0 heterocycles. The van der Waals surface area contributed by atoms with Crippen LogP contribution in [0.2, 0.25) is 0 Å². The molecule has 0 saturated carbocycles. The number of benzene rings is 8. The lowest BCUT2D eigenvalue weighted by Crippen LogP contribution is -2.23. The summed E-state index contributed by atoms with van der Waals surface area (Å²) in [4.78, 5) is 2.51. The van der Waals surface area contributed by atoms with Crippen LogP contribution in [0.15, 0.2) is 182 Å². The van der Waals surface area contributed by atoms with Gasteiger partial charge in [-0.05, 0) is 92.2 Å². The zero-order valence-corrected chi connectivity index (χ0v) is 29.8. The smallest absolute Gasteiger partial charge is 0.0540 e. The van der Waals surface area contributed by atoms with Crippen LogP contribution in [-0.4, -0.2) is 0 Å². The van der Waals surface area contributed by atoms with E-state index in [1.54, 1.807) is 0 Å². The molecule has 0 fully saturated rings. The summed E-state index contributed by atoms with van der Waals surface area (Å²) >= 11 is 0. The second-order valence-corrected chi connectivity index (χ2v) is 15.0. The Morgan fingerprint density at radius 3 is 1.73 bits per heavy atom. The molecule has 8 aromatic rings. The number of hydrogen-bond acceptors (Lipinski definition) is 1. The summed E-state index contributed by atoms with van der Waals surface area (Å²) < 4.78 is 0. The van der Waals surface area contributed by atoms with Gasteiger partial charge in [-0.25, -0.2) is 0 Å². The summed E-state index contributed by atoms with van der Waals surface area (Å²) in [6, 6.07) is 67.4. The quantitative estimate of drug-likeness (QED) is 0.177. The van der Waals surface area contributed by atoms with Crippen LogP contribution < -0.4 is 4.90 Å². The Hall–Kier alpha value is -6.18. The van der Waals surface area contributed by atoms with E-state index in [-0.39, 0.29) is 10.8 Å². The molecule has 248 valence electrons. The van der Waals surface area contributed by atoms with E-state index < -0.39 is 0 Å². The van der Waals surface area contributed by atoms with Crippen molar-refractivity contribution in [2.24, 2.45) is 0 Å². The fourth-order valence-electron chi connectivity index (χ4n) is 9.48. The standard InChI is InChI=1S/C51H39N/c1-50(2)44-27-12-9-23-39(44)42-25-16-26-43(49(42)50)41-24-11-14-29-48(41)52(47-30-15-18-34-17-7-8-21-37(34)47)36-31-32-40-38-22-10-13-28-45(38)51(3,46(40)33-36)35-19-5-4-6-20-35/h4-33H,1-3H3. The van der Waals surface area contributed by atoms with Crippen molar-refractivity contribution in [1.29, 1.82) is 0 Å². The van der Waals surface area contributed by atoms with E-state index in [4.69, 9.17) is 0 Å². The molecule has 1 atom stereocenters. The molecule has 0 bridgehead atoms. The summed E-state index contributed by atoms with van der Waals surface area (Å²) in [5.74, 6) is 0. The van der Waals surface area contributed by atoms with Crippen LogP contribution in [0.5, 0.6) is 0 Å². The Balaban J connectivity index is 1.25. The van der Waals surface area contributed by atoms with Crippen LogP contribution in [0.4, 0.5) is 17.1 Å². The highest BCUT2D eigenvalue weighted by molar-refractivity contribution is 6.02. The maximum atomic E-state index is 2.51. The van der Waals surface area contributed by atoms with Gasteiger partial charge in [0.05, 0.1) is 11.4 Å². The van der Waals surface area contributed by atoms with Crippen molar-refractivity contribution >= 4 is 27.8 Å². The zero-order valence-electron chi connectivity index (χ0n) is 29.8. The summed E-state index contributed by atoms with van der Waals surface area (Å²) in [6.45, 7) is 7.17. The topological polar surface area (TPSA) is 3.24 Å². The van der Waals surface area contributed by atoms with Gasteiger partial charge in [-0.2, -0.15) is 0 Å². The molecular weight excluding hydrogens is 627 g/mol. The number of hydrogen-bond donors (Lipinski definition) is 0. The molecule has 0 aromatic heterocycles. The lowest BCUT2D eigenvalue weighted by atomic mass is 9.74. The van der Waals surface area contributed by atoms with E-state index in [0.29, 0.717) is 0 Å². The zero-order chi connectivity index (χ0) is 35.0. The number of fused-ring (bicyclic) bond motifs is 7. The lowest BCUT2D eigenvalue weighted by molar-refractivity contribution is 0.662. The number of anilines is 3. The van der Waals surface area contributed by atoms with E-state index in [1.807, 2.05) is 0 Å². The number of nitrogens with zero attached hydrogens (tertiary/aromatic N) is 1. The van der Waals surface area contributed by atoms with Crippen molar-refractivity contribution in [2.75, 3.05) is 4.90 Å². The third-order valence-corrected chi connectivity index (χ3v) is 11.9. The predicted molar refractivity (Wildman–Crippen MR) is 219 cm³/mol. The highest BCUT2D eigenvalue weighted by Gasteiger charge is 2.42. The molecule has 0 N–H and O–H groups in total. The molecule has 2 aliphatic rings. The van der Waals surface area contributed by atoms with Gasteiger partial charge in [-0.1, -0.05) is 172 Å². The second-order valence-electron chi connectivity index (χ2n) is 15.0. The van der Waals surface area contributed by atoms with Crippen molar-refractivity contribution < 1.29 is 0 Å². The summed E-state index contributed by atoms with van der Waals surface area (Å²) in [5.41, 5.74) is 17.6. The molecule has 8 aromatic carbocycles. The Kier molecular flexibility index (Phi) is 6.73. The van der Waals surface area contributed by atoms with Crippen molar-refractivity contribution in [1.82, 2.24) is 0 Å². The summed E-state index contributed by atoms with van der Waals surface area (Å²) in [5, 5.41) is 2.45. The second kappa shape index (κ2) is 11.4. The normalized spacial score (nSPS) is 16.2. The molecule has 52 heavy (non-hydrogen) atoms. The SMILES string of the molecule is CC1(C)c2ccccc2-c2cccc(-c3ccccc3N(c3ccc4c(c3)C(C)(c3ccccc3)c3ccccc3-4)c3cccc4ccccc34)c21. The van der Waals surface area contributed by atoms with Gasteiger partial charge in [0, 0.05) is 27.5 Å². The van der Waals surface area contributed by atoms with E-state index in [0.717, 1.165) is 17.1 Å². The van der Waals surface area contributed by atoms with Crippen LogP contribution in [0.25, 0.3) is 44.2 Å². The third-order valence-electron chi connectivity index (χ3n) is 11.9. The van der Waals surface area contributed by atoms with Crippen LogP contribution in [0.3, 0.4) is 0 Å². The van der Waals surface area contributed by atoms with Crippen molar-refractivity contribution in [3.8, 4) is 33.4 Å². The van der Waals surface area contributed by atoms with Gasteiger partial charge in [0.25, 0.3) is 0 Å². The fraction of sp³-hybridized carbons (Fsp3) is 0.0980. The van der Waals surface area contributed by atoms with E-state index in [1.165, 1.54) is 72.0 Å². The largest absolute Gasteiger partial charge is 0.309 e. The van der Waals surface area contributed by atoms with Crippen LogP contribution in [0.1, 0.15) is 48.6 Å². The first-order valence-corrected chi connectivity index (χ1v) is 18.4. The van der Waals surface area contributed by atoms with Crippen LogP contribution >= 0.6 is 0 Å². The molecule has 0 aliphatic heterocycles. The van der Waals surface area contributed by atoms with Gasteiger partial charge >= 0.3 is 0 Å². The summed E-state index contributed by atoms with van der Waals surface area (Å²) in [7, 11) is 0. The Morgan fingerprint density at radius 2 is 0.923 bits per heavy atom. The molecule has 0 radical (unpaired) electrons. The minimum absolute atomic E-state index is 0.142. The van der Waals surface area contributed by atoms with Crippen molar-refractivity contribution in [3.05, 3.63) is 210 Å². The first kappa shape index (κ1) is 30.6. The van der Waals surface area contributed by atoms with Gasteiger partial charge in [-0.15, -0.1) is 0 Å². The molecule has 1 heteroatoms. The fourth-order valence-corrected chi connectivity index (χ4v) is 9.48. The van der Waals surface area contributed by atoms with Crippen LogP contribution in [-0.2, 0) is 10.8 Å². The van der Waals surface area contributed by atoms with E-state index in [9.17, 15) is 0 Å². The first-order chi connectivity index (χ1) is 25.5. The minimum atomic E-state index is -0.302. The van der Waals surface area contributed by atoms with E-state index in [2.05, 4.69) is 208 Å². The molecule has 0 saturated heterocycles. The average molecular weight is 666 g/mol. The molecule has 1 nitrogen and oxygen atoms in total. The highest BCUT2D eigenvalue weighted by Crippen LogP contribution is 2.56. The van der Waals surface area contributed by atoms with Crippen molar-refractivity contribution in [3.63, 3.8) is 0 Å². The van der Waals surface area contributed by atoms with Gasteiger partial charge in [0.15, 0.2) is 0 Å². The van der Waals surface area contributed by atoms with Crippen molar-refractivity contribution in [2.45, 2.75) is 31.6 Å². The van der Waals surface area contributed by atoms with Gasteiger partial charge in [-0.3, -0.25) is 0 Å². The van der Waals surface area contributed by atoms with Gasteiger partial charge < -0.3 is 4.90 Å². The average Bonchev–Trinajstić information content (AvgIpc) is 3.60. The first-order valence-electron chi connectivity index (χ1n) is 18.4. The highest BCUT2D eigenvalue weighted by atomic mass is 15.1. The Labute approximate surface area is 306 Å². The number of rotatable bonds is 5. The Morgan fingerprint density at radius 1 is 0.385 bits per heavy atom. The molecule has 0 amide bonds. The molecule has 1 unspecified atom stereocenters. The van der Waals surface area contributed by atoms with E-state index >= 15 is 0 Å². The maximum absolute atomic E-state index is 2.51. The monoisotopic (exact) mass is 665 g/mol. The summed E-state index contributed by atoms with van der Waals surface area (Å²) in [6.07, 6.45) is 0. The van der Waals surface area contributed by atoms with Gasteiger partial charge in [0.2, 0.25) is 0 Å². The third kappa shape index (κ3) is 4.29. The molecule has 0 spiro atoms. The lowest BCUT2D eigenvalue weighted by Gasteiger charge is -2.33.